The second kappa shape index (κ2) is 10.6. The van der Waals surface area contributed by atoms with Crippen molar-refractivity contribution in [2.75, 3.05) is 0 Å². The molecule has 4 heterocycles. The molecular formula is C48H29N5. The van der Waals surface area contributed by atoms with E-state index in [1.54, 1.807) is 0 Å². The monoisotopic (exact) mass is 675 g/mol. The van der Waals surface area contributed by atoms with E-state index in [-0.39, 0.29) is 0 Å². The summed E-state index contributed by atoms with van der Waals surface area (Å²) in [5.41, 5.74) is 16.0. The fraction of sp³-hybridized carbons (Fsp3) is 0. The molecule has 11 aromatic rings. The second-order valence-corrected chi connectivity index (χ2v) is 13.8. The SMILES string of the molecule is c1cc(-n2c3ccccc3c3ccccc32)nc(-n2c3ccccc3n3c4ccc5c(c4nc23)-c2ccccc2-c2ccccc2-c2ccccc2-5)c1. The van der Waals surface area contributed by atoms with Crippen LogP contribution in [0.5, 0.6) is 0 Å². The number of para-hydroxylation sites is 4. The van der Waals surface area contributed by atoms with Crippen molar-refractivity contribution in [3.63, 3.8) is 0 Å². The van der Waals surface area contributed by atoms with Crippen LogP contribution in [-0.4, -0.2) is 23.5 Å². The average Bonchev–Trinajstić information content (AvgIpc) is 3.87. The summed E-state index contributed by atoms with van der Waals surface area (Å²) in [5.74, 6) is 2.50. The molecule has 12 rings (SSSR count). The molecule has 0 amide bonds. The van der Waals surface area contributed by atoms with E-state index in [0.29, 0.717) is 0 Å². The molecule has 0 N–H and O–H groups in total. The lowest BCUT2D eigenvalue weighted by molar-refractivity contribution is 0.995. The Bertz CT molecular complexity index is 3240. The summed E-state index contributed by atoms with van der Waals surface area (Å²) in [6.45, 7) is 0. The zero-order valence-corrected chi connectivity index (χ0v) is 28.5. The van der Waals surface area contributed by atoms with E-state index >= 15 is 0 Å². The summed E-state index contributed by atoms with van der Waals surface area (Å²) in [7, 11) is 0. The number of fused-ring (bicyclic) bond motifs is 17. The zero-order chi connectivity index (χ0) is 34.6. The van der Waals surface area contributed by atoms with Crippen molar-refractivity contribution in [3.8, 4) is 56.1 Å². The Morgan fingerprint density at radius 3 is 1.40 bits per heavy atom. The number of rotatable bonds is 2. The van der Waals surface area contributed by atoms with E-state index in [1.165, 1.54) is 49.7 Å². The fourth-order valence-corrected chi connectivity index (χ4v) is 8.86. The van der Waals surface area contributed by atoms with E-state index in [4.69, 9.17) is 9.97 Å². The zero-order valence-electron chi connectivity index (χ0n) is 28.5. The van der Waals surface area contributed by atoms with E-state index in [9.17, 15) is 0 Å². The Kier molecular flexibility index (Phi) is 5.71. The van der Waals surface area contributed by atoms with E-state index < -0.39 is 0 Å². The molecule has 53 heavy (non-hydrogen) atoms. The van der Waals surface area contributed by atoms with Gasteiger partial charge in [0.15, 0.2) is 0 Å². The predicted octanol–water partition coefficient (Wildman–Crippen LogP) is 11.9. The molecule has 5 heteroatoms. The molecule has 0 saturated heterocycles. The average molecular weight is 676 g/mol. The van der Waals surface area contributed by atoms with Gasteiger partial charge in [0.05, 0.1) is 33.1 Å². The smallest absolute Gasteiger partial charge is 0.221 e. The van der Waals surface area contributed by atoms with E-state index in [2.05, 4.69) is 189 Å². The molecule has 0 unspecified atom stereocenters. The van der Waals surface area contributed by atoms with Gasteiger partial charge < -0.3 is 0 Å². The van der Waals surface area contributed by atoms with Crippen molar-refractivity contribution in [1.82, 2.24) is 23.5 Å². The van der Waals surface area contributed by atoms with Gasteiger partial charge in [-0.2, -0.15) is 0 Å². The summed E-state index contributed by atoms with van der Waals surface area (Å²) >= 11 is 0. The molecule has 0 bridgehead atoms. The minimum Gasteiger partial charge on any atom is -0.294 e. The Morgan fingerprint density at radius 2 is 0.774 bits per heavy atom. The molecule has 0 aliphatic heterocycles. The molecule has 0 spiro atoms. The van der Waals surface area contributed by atoms with Gasteiger partial charge in [-0.05, 0) is 81.4 Å². The Balaban J connectivity index is 1.17. The van der Waals surface area contributed by atoms with Crippen LogP contribution in [-0.2, 0) is 0 Å². The lowest BCUT2D eigenvalue weighted by Gasteiger charge is -2.23. The summed E-state index contributed by atoms with van der Waals surface area (Å²) in [5, 5.41) is 2.43. The Labute approximate surface area is 304 Å². The van der Waals surface area contributed by atoms with Crippen LogP contribution in [0.4, 0.5) is 0 Å². The molecular weight excluding hydrogens is 647 g/mol. The van der Waals surface area contributed by atoms with Gasteiger partial charge in [0.2, 0.25) is 5.78 Å². The first-order valence-corrected chi connectivity index (χ1v) is 18.0. The van der Waals surface area contributed by atoms with Gasteiger partial charge in [-0.25, -0.2) is 9.97 Å². The molecule has 1 aliphatic rings. The summed E-state index contributed by atoms with van der Waals surface area (Å²) in [4.78, 5) is 11.0. The number of imidazole rings is 2. The van der Waals surface area contributed by atoms with Crippen molar-refractivity contribution >= 4 is 49.7 Å². The van der Waals surface area contributed by atoms with E-state index in [1.807, 2.05) is 0 Å². The van der Waals surface area contributed by atoms with Crippen LogP contribution >= 0.6 is 0 Å². The Morgan fingerprint density at radius 1 is 0.302 bits per heavy atom. The maximum atomic E-state index is 5.61. The van der Waals surface area contributed by atoms with Crippen molar-refractivity contribution < 1.29 is 0 Å². The van der Waals surface area contributed by atoms with Crippen molar-refractivity contribution in [3.05, 3.63) is 176 Å². The number of nitrogens with zero attached hydrogens (tertiary/aromatic N) is 5. The highest BCUT2D eigenvalue weighted by atomic mass is 15.2. The molecule has 0 atom stereocenters. The van der Waals surface area contributed by atoms with Gasteiger partial charge in [-0.1, -0.05) is 133 Å². The highest BCUT2D eigenvalue weighted by Crippen LogP contribution is 2.50. The lowest BCUT2D eigenvalue weighted by atomic mass is 9.80. The van der Waals surface area contributed by atoms with Crippen molar-refractivity contribution in [1.29, 1.82) is 0 Å². The molecule has 0 saturated carbocycles. The van der Waals surface area contributed by atoms with Crippen molar-refractivity contribution in [2.24, 2.45) is 0 Å². The topological polar surface area (TPSA) is 40.0 Å². The summed E-state index contributed by atoms with van der Waals surface area (Å²) < 4.78 is 6.80. The molecule has 1 aliphatic carbocycles. The number of hydrogen-bond donors (Lipinski definition) is 0. The van der Waals surface area contributed by atoms with Crippen LogP contribution < -0.4 is 0 Å². The first-order chi connectivity index (χ1) is 26.3. The third-order valence-corrected chi connectivity index (χ3v) is 11.1. The normalized spacial score (nSPS) is 12.2. The first kappa shape index (κ1) is 28.5. The van der Waals surface area contributed by atoms with Crippen LogP contribution in [0.25, 0.3) is 106 Å². The summed E-state index contributed by atoms with van der Waals surface area (Å²) in [6.07, 6.45) is 0. The van der Waals surface area contributed by atoms with Gasteiger partial charge >= 0.3 is 0 Å². The molecule has 0 radical (unpaired) electrons. The minimum absolute atomic E-state index is 0.813. The number of aromatic nitrogens is 5. The van der Waals surface area contributed by atoms with Gasteiger partial charge in [-0.15, -0.1) is 0 Å². The minimum atomic E-state index is 0.813. The van der Waals surface area contributed by atoms with Gasteiger partial charge in [0, 0.05) is 16.3 Å². The molecule has 5 nitrogen and oxygen atoms in total. The van der Waals surface area contributed by atoms with Crippen LogP contribution in [0, 0.1) is 0 Å². The van der Waals surface area contributed by atoms with Crippen molar-refractivity contribution in [2.45, 2.75) is 0 Å². The van der Waals surface area contributed by atoms with Gasteiger partial charge in [0.1, 0.15) is 11.6 Å². The number of hydrogen-bond acceptors (Lipinski definition) is 2. The maximum Gasteiger partial charge on any atom is 0.221 e. The highest BCUT2D eigenvalue weighted by molar-refractivity contribution is 6.12. The molecule has 246 valence electrons. The predicted molar refractivity (Wildman–Crippen MR) is 217 cm³/mol. The molecule has 4 aromatic heterocycles. The fourth-order valence-electron chi connectivity index (χ4n) is 8.86. The Hall–Kier alpha value is -7.24. The van der Waals surface area contributed by atoms with Crippen LogP contribution in [0.15, 0.2) is 176 Å². The van der Waals surface area contributed by atoms with Gasteiger partial charge in [0.25, 0.3) is 0 Å². The van der Waals surface area contributed by atoms with Crippen LogP contribution in [0.2, 0.25) is 0 Å². The highest BCUT2D eigenvalue weighted by Gasteiger charge is 2.27. The first-order valence-electron chi connectivity index (χ1n) is 18.0. The number of pyridine rings is 1. The quantitative estimate of drug-likeness (QED) is 0.183. The molecule has 0 fully saturated rings. The van der Waals surface area contributed by atoms with E-state index in [0.717, 1.165) is 56.1 Å². The third-order valence-electron chi connectivity index (χ3n) is 11.1. The maximum absolute atomic E-state index is 5.61. The standard InChI is InChI=1S/C48H29N5/c1-2-15-31-30(14-1)32-16-3-4-18-34(32)38-28-29-43-47(46(38)37-21-6-5-17-33(31)37)50-48-52(43)41-24-11-12-25-42(41)53(48)45-27-13-26-44(49-45)51-39-22-9-7-19-35(39)36-20-8-10-23-40(36)51/h1-29H. The van der Waals surface area contributed by atoms with Crippen LogP contribution in [0.3, 0.4) is 0 Å². The largest absolute Gasteiger partial charge is 0.294 e. The number of benzene rings is 7. The third kappa shape index (κ3) is 3.85. The second-order valence-electron chi connectivity index (χ2n) is 13.8. The lowest BCUT2D eigenvalue weighted by Crippen LogP contribution is -2.03. The molecule has 7 aromatic carbocycles. The van der Waals surface area contributed by atoms with Gasteiger partial charge in [-0.3, -0.25) is 13.5 Å². The van der Waals surface area contributed by atoms with Crippen LogP contribution in [0.1, 0.15) is 0 Å². The summed E-state index contributed by atoms with van der Waals surface area (Å²) in [6, 6.07) is 62.9.